The lowest BCUT2D eigenvalue weighted by Gasteiger charge is -2.17. The smallest absolute Gasteiger partial charge is 0.344 e. The summed E-state index contributed by atoms with van der Waals surface area (Å²) in [5, 5.41) is 2.86. The zero-order chi connectivity index (χ0) is 13.5. The number of fused-ring (bicyclic) bond motifs is 1. The number of anilines is 1. The van der Waals surface area contributed by atoms with E-state index in [1.54, 1.807) is 29.8 Å². The molecule has 0 aliphatic heterocycles. The van der Waals surface area contributed by atoms with Crippen LogP contribution < -0.4 is 5.32 Å². The lowest BCUT2D eigenvalue weighted by molar-refractivity contribution is -0.138. The van der Waals surface area contributed by atoms with E-state index in [1.165, 1.54) is 0 Å². The molecular formula is C11H11ClF3N3. The van der Waals surface area contributed by atoms with Gasteiger partial charge in [-0.1, -0.05) is 11.6 Å². The first-order valence-corrected chi connectivity index (χ1v) is 5.62. The predicted octanol–water partition coefficient (Wildman–Crippen LogP) is 3.59. The van der Waals surface area contributed by atoms with Gasteiger partial charge in [0, 0.05) is 12.1 Å². The molecule has 2 rings (SSSR count). The molecule has 7 heteroatoms. The predicted molar refractivity (Wildman–Crippen MR) is 64.9 cm³/mol. The van der Waals surface area contributed by atoms with Crippen molar-refractivity contribution < 1.29 is 13.2 Å². The zero-order valence-electron chi connectivity index (χ0n) is 9.72. The van der Waals surface area contributed by atoms with E-state index in [0.717, 1.165) is 6.92 Å². The maximum absolute atomic E-state index is 12.5. The van der Waals surface area contributed by atoms with Gasteiger partial charge in [-0.2, -0.15) is 13.2 Å². The maximum Gasteiger partial charge on any atom is 0.408 e. The van der Waals surface area contributed by atoms with E-state index >= 15 is 0 Å². The Kier molecular flexibility index (Phi) is 3.14. The van der Waals surface area contributed by atoms with Crippen molar-refractivity contribution in [2.45, 2.75) is 19.1 Å². The molecule has 0 saturated carbocycles. The van der Waals surface area contributed by atoms with E-state index in [4.69, 9.17) is 11.6 Å². The van der Waals surface area contributed by atoms with Crippen LogP contribution >= 0.6 is 11.6 Å². The lowest BCUT2D eigenvalue weighted by atomic mass is 10.3. The Morgan fingerprint density at radius 2 is 2.06 bits per heavy atom. The number of hydrogen-bond donors (Lipinski definition) is 1. The zero-order valence-corrected chi connectivity index (χ0v) is 10.5. The molecule has 3 nitrogen and oxygen atoms in total. The molecule has 1 N–H and O–H groups in total. The van der Waals surface area contributed by atoms with Crippen LogP contribution in [0.5, 0.6) is 0 Å². The van der Waals surface area contributed by atoms with Crippen LogP contribution in [-0.2, 0) is 7.05 Å². The van der Waals surface area contributed by atoms with Crippen molar-refractivity contribution in [1.29, 1.82) is 0 Å². The highest BCUT2D eigenvalue weighted by Crippen LogP contribution is 2.26. The molecule has 1 aromatic heterocycles. The summed E-state index contributed by atoms with van der Waals surface area (Å²) < 4.78 is 38.9. The summed E-state index contributed by atoms with van der Waals surface area (Å²) in [5.74, 6) is 0.164. The van der Waals surface area contributed by atoms with Crippen molar-refractivity contribution >= 4 is 28.6 Å². The number of nitrogens with one attached hydrogen (secondary N) is 1. The maximum atomic E-state index is 12.5. The second-order valence-electron chi connectivity index (χ2n) is 4.04. The Morgan fingerprint density at radius 1 is 1.39 bits per heavy atom. The second-order valence-corrected chi connectivity index (χ2v) is 4.47. The SMILES string of the molecule is CC(Nc1nc2ccc(Cl)cc2n1C)C(F)(F)F. The molecule has 0 aliphatic carbocycles. The number of rotatable bonds is 2. The molecule has 2 aromatic rings. The van der Waals surface area contributed by atoms with Crippen molar-refractivity contribution in [3.05, 3.63) is 23.2 Å². The number of benzene rings is 1. The molecule has 98 valence electrons. The highest BCUT2D eigenvalue weighted by molar-refractivity contribution is 6.31. The van der Waals surface area contributed by atoms with Crippen LogP contribution in [-0.4, -0.2) is 21.8 Å². The standard InChI is InChI=1S/C11H11ClF3N3/c1-6(11(13,14)15)16-10-17-8-4-3-7(12)5-9(8)18(10)2/h3-6H,1-2H3,(H,16,17). The van der Waals surface area contributed by atoms with Crippen LogP contribution in [0.1, 0.15) is 6.92 Å². The average Bonchev–Trinajstić information content (AvgIpc) is 2.55. The molecule has 0 radical (unpaired) electrons. The molecule has 18 heavy (non-hydrogen) atoms. The van der Waals surface area contributed by atoms with Crippen LogP contribution in [0.4, 0.5) is 19.1 Å². The fourth-order valence-electron chi connectivity index (χ4n) is 1.57. The molecule has 1 aromatic carbocycles. The monoisotopic (exact) mass is 277 g/mol. The molecule has 0 spiro atoms. The Balaban J connectivity index is 2.38. The van der Waals surface area contributed by atoms with Gasteiger partial charge >= 0.3 is 6.18 Å². The minimum absolute atomic E-state index is 0.164. The summed E-state index contributed by atoms with van der Waals surface area (Å²) in [7, 11) is 1.64. The minimum atomic E-state index is -4.31. The van der Waals surface area contributed by atoms with Crippen LogP contribution in [0.15, 0.2) is 18.2 Å². The van der Waals surface area contributed by atoms with E-state index in [-0.39, 0.29) is 5.95 Å². The normalized spacial score (nSPS) is 13.9. The first-order valence-electron chi connectivity index (χ1n) is 5.24. The number of aryl methyl sites for hydroxylation is 1. The average molecular weight is 278 g/mol. The molecule has 0 amide bonds. The van der Waals surface area contributed by atoms with Crippen molar-refractivity contribution in [2.75, 3.05) is 5.32 Å². The van der Waals surface area contributed by atoms with Gasteiger partial charge in [0.15, 0.2) is 0 Å². The van der Waals surface area contributed by atoms with Crippen molar-refractivity contribution in [3.8, 4) is 0 Å². The van der Waals surface area contributed by atoms with Gasteiger partial charge in [-0.15, -0.1) is 0 Å². The van der Waals surface area contributed by atoms with Gasteiger partial charge in [0.1, 0.15) is 6.04 Å². The summed E-state index contributed by atoms with van der Waals surface area (Å²) in [4.78, 5) is 4.10. The topological polar surface area (TPSA) is 29.9 Å². The van der Waals surface area contributed by atoms with Gasteiger partial charge in [-0.25, -0.2) is 4.98 Å². The van der Waals surface area contributed by atoms with E-state index in [2.05, 4.69) is 10.3 Å². The number of alkyl halides is 3. The molecular weight excluding hydrogens is 267 g/mol. The van der Waals surface area contributed by atoms with Crippen molar-refractivity contribution in [2.24, 2.45) is 7.05 Å². The molecule has 1 heterocycles. The first-order chi connectivity index (χ1) is 8.29. The molecule has 0 bridgehead atoms. The van der Waals surface area contributed by atoms with E-state index in [1.807, 2.05) is 0 Å². The molecule has 0 saturated heterocycles. The van der Waals surface area contributed by atoms with Gasteiger partial charge in [0.2, 0.25) is 5.95 Å². The number of nitrogens with zero attached hydrogens (tertiary/aromatic N) is 2. The minimum Gasteiger partial charge on any atom is -0.344 e. The summed E-state index contributed by atoms with van der Waals surface area (Å²) in [5.41, 5.74) is 1.28. The van der Waals surface area contributed by atoms with Gasteiger partial charge in [-0.05, 0) is 25.1 Å². The Labute approximate surface area is 107 Å². The van der Waals surface area contributed by atoms with Gasteiger partial charge < -0.3 is 9.88 Å². The fraction of sp³-hybridized carbons (Fsp3) is 0.364. The Hall–Kier alpha value is -1.43. The van der Waals surface area contributed by atoms with E-state index < -0.39 is 12.2 Å². The fourth-order valence-corrected chi connectivity index (χ4v) is 1.73. The summed E-state index contributed by atoms with van der Waals surface area (Å²) in [6.07, 6.45) is -4.31. The largest absolute Gasteiger partial charge is 0.408 e. The van der Waals surface area contributed by atoms with Crippen molar-refractivity contribution in [1.82, 2.24) is 9.55 Å². The number of aromatic nitrogens is 2. The van der Waals surface area contributed by atoms with Crippen LogP contribution in [0.3, 0.4) is 0 Å². The lowest BCUT2D eigenvalue weighted by Crippen LogP contribution is -2.34. The number of imidazole rings is 1. The van der Waals surface area contributed by atoms with Gasteiger partial charge in [0.25, 0.3) is 0 Å². The summed E-state index contributed by atoms with van der Waals surface area (Å²) in [6.45, 7) is 1.05. The summed E-state index contributed by atoms with van der Waals surface area (Å²) >= 11 is 5.84. The van der Waals surface area contributed by atoms with Crippen LogP contribution in [0.2, 0.25) is 5.02 Å². The van der Waals surface area contributed by atoms with Crippen LogP contribution in [0.25, 0.3) is 11.0 Å². The number of hydrogen-bond acceptors (Lipinski definition) is 2. The van der Waals surface area contributed by atoms with Crippen molar-refractivity contribution in [3.63, 3.8) is 0 Å². The molecule has 1 unspecified atom stereocenters. The second kappa shape index (κ2) is 4.35. The first kappa shape index (κ1) is 13.0. The third-order valence-corrected chi connectivity index (χ3v) is 2.91. The van der Waals surface area contributed by atoms with E-state index in [0.29, 0.717) is 16.1 Å². The van der Waals surface area contributed by atoms with Gasteiger partial charge in [-0.3, -0.25) is 0 Å². The molecule has 0 fully saturated rings. The third-order valence-electron chi connectivity index (χ3n) is 2.68. The Bertz CT molecular complexity index is 577. The third kappa shape index (κ3) is 2.38. The Morgan fingerprint density at radius 3 is 2.67 bits per heavy atom. The summed E-state index contributed by atoms with van der Waals surface area (Å²) in [6, 6.07) is 3.31. The van der Waals surface area contributed by atoms with Crippen LogP contribution in [0, 0.1) is 0 Å². The molecule has 0 aliphatic rings. The highest BCUT2D eigenvalue weighted by Gasteiger charge is 2.36. The highest BCUT2D eigenvalue weighted by atomic mass is 35.5. The van der Waals surface area contributed by atoms with E-state index in [9.17, 15) is 13.2 Å². The van der Waals surface area contributed by atoms with Gasteiger partial charge in [0.05, 0.1) is 11.0 Å². The molecule has 1 atom stereocenters. The number of halogens is 4. The quantitative estimate of drug-likeness (QED) is 0.909.